The number of ether oxygens (including phenoxy) is 3. The van der Waals surface area contributed by atoms with Crippen LogP contribution in [0.3, 0.4) is 0 Å². The van der Waals surface area contributed by atoms with Gasteiger partial charge in [-0.1, -0.05) is 19.4 Å². The largest absolute Gasteiger partial charge is 0.461 e. The lowest BCUT2D eigenvalue weighted by Crippen LogP contribution is -2.14. The van der Waals surface area contributed by atoms with Crippen LogP contribution in [0, 0.1) is 0 Å². The third-order valence-electron chi connectivity index (χ3n) is 2.16. The molecule has 1 heterocycles. The van der Waals surface area contributed by atoms with E-state index in [0.717, 1.165) is 6.42 Å². The Morgan fingerprint density at radius 2 is 2.33 bits per heavy atom. The standard InChI is InChI=1S/C11H14O4/c1-2-4-10(12)15-9-6-3-5-8-11(9)14-7-13-8/h3,5-6,10,12H,2,4,7H2,1H3. The summed E-state index contributed by atoms with van der Waals surface area (Å²) >= 11 is 0. The highest BCUT2D eigenvalue weighted by Crippen LogP contribution is 2.40. The highest BCUT2D eigenvalue weighted by molar-refractivity contribution is 5.52. The molecule has 0 fully saturated rings. The molecule has 1 atom stereocenters. The summed E-state index contributed by atoms with van der Waals surface area (Å²) in [6.07, 6.45) is 0.684. The minimum atomic E-state index is -0.786. The first-order valence-corrected chi connectivity index (χ1v) is 5.04. The maximum absolute atomic E-state index is 9.52. The van der Waals surface area contributed by atoms with Crippen LogP contribution in [-0.2, 0) is 0 Å². The summed E-state index contributed by atoms with van der Waals surface area (Å²) in [7, 11) is 0. The van der Waals surface area contributed by atoms with Crippen molar-refractivity contribution in [1.82, 2.24) is 0 Å². The van der Waals surface area contributed by atoms with Gasteiger partial charge in [0.25, 0.3) is 0 Å². The fourth-order valence-electron chi connectivity index (χ4n) is 1.45. The molecule has 0 radical (unpaired) electrons. The van der Waals surface area contributed by atoms with Gasteiger partial charge in [0.15, 0.2) is 17.8 Å². The van der Waals surface area contributed by atoms with Crippen LogP contribution in [0.25, 0.3) is 0 Å². The van der Waals surface area contributed by atoms with Gasteiger partial charge in [-0.25, -0.2) is 0 Å². The molecule has 4 heteroatoms. The van der Waals surface area contributed by atoms with E-state index in [1.807, 2.05) is 13.0 Å². The predicted molar refractivity (Wildman–Crippen MR) is 54.1 cm³/mol. The van der Waals surface area contributed by atoms with Crippen LogP contribution in [-0.4, -0.2) is 18.2 Å². The van der Waals surface area contributed by atoms with E-state index in [4.69, 9.17) is 14.2 Å². The summed E-state index contributed by atoms with van der Waals surface area (Å²) < 4.78 is 15.8. The number of aliphatic hydroxyl groups excluding tert-OH is 1. The molecule has 1 aliphatic heterocycles. The molecule has 1 aromatic rings. The van der Waals surface area contributed by atoms with Gasteiger partial charge in [0.05, 0.1) is 0 Å². The van der Waals surface area contributed by atoms with Crippen molar-refractivity contribution in [3.63, 3.8) is 0 Å². The van der Waals surface area contributed by atoms with Crippen LogP contribution >= 0.6 is 0 Å². The highest BCUT2D eigenvalue weighted by Gasteiger charge is 2.19. The fraction of sp³-hybridized carbons (Fsp3) is 0.455. The Balaban J connectivity index is 2.11. The minimum absolute atomic E-state index is 0.208. The topological polar surface area (TPSA) is 47.9 Å². The van der Waals surface area contributed by atoms with Crippen molar-refractivity contribution in [3.8, 4) is 17.2 Å². The second-order valence-electron chi connectivity index (χ2n) is 3.35. The zero-order chi connectivity index (χ0) is 10.7. The van der Waals surface area contributed by atoms with Crippen molar-refractivity contribution in [2.75, 3.05) is 6.79 Å². The quantitative estimate of drug-likeness (QED) is 0.771. The van der Waals surface area contributed by atoms with E-state index in [-0.39, 0.29) is 6.79 Å². The molecule has 0 spiro atoms. The molecule has 0 amide bonds. The van der Waals surface area contributed by atoms with Gasteiger partial charge in [0.2, 0.25) is 12.5 Å². The Kier molecular flexibility index (Phi) is 2.97. The molecule has 15 heavy (non-hydrogen) atoms. The van der Waals surface area contributed by atoms with E-state index >= 15 is 0 Å². The zero-order valence-electron chi connectivity index (χ0n) is 8.60. The Bertz CT molecular complexity index is 337. The number of rotatable bonds is 4. The number of aliphatic hydroxyl groups is 1. The second-order valence-corrected chi connectivity index (χ2v) is 3.35. The normalized spacial score (nSPS) is 15.1. The van der Waals surface area contributed by atoms with E-state index in [2.05, 4.69) is 0 Å². The fourth-order valence-corrected chi connectivity index (χ4v) is 1.45. The zero-order valence-corrected chi connectivity index (χ0v) is 8.60. The Morgan fingerprint density at radius 3 is 3.13 bits per heavy atom. The number of para-hydroxylation sites is 1. The Hall–Kier alpha value is -1.42. The molecule has 0 saturated heterocycles. The molecule has 0 bridgehead atoms. The summed E-state index contributed by atoms with van der Waals surface area (Å²) in [5.41, 5.74) is 0. The monoisotopic (exact) mass is 210 g/mol. The van der Waals surface area contributed by atoms with Gasteiger partial charge >= 0.3 is 0 Å². The van der Waals surface area contributed by atoms with Gasteiger partial charge < -0.3 is 19.3 Å². The van der Waals surface area contributed by atoms with Crippen LogP contribution in [0.1, 0.15) is 19.8 Å². The van der Waals surface area contributed by atoms with E-state index in [1.165, 1.54) is 0 Å². The molecule has 4 nitrogen and oxygen atoms in total. The molecule has 0 saturated carbocycles. The first kappa shape index (κ1) is 10.1. The van der Waals surface area contributed by atoms with Gasteiger partial charge in [-0.05, 0) is 12.1 Å². The lowest BCUT2D eigenvalue weighted by atomic mass is 10.3. The number of hydrogen-bond acceptors (Lipinski definition) is 4. The van der Waals surface area contributed by atoms with E-state index in [9.17, 15) is 5.11 Å². The predicted octanol–water partition coefficient (Wildman–Crippen LogP) is 1.91. The van der Waals surface area contributed by atoms with Gasteiger partial charge in [-0.3, -0.25) is 0 Å². The van der Waals surface area contributed by atoms with E-state index in [0.29, 0.717) is 23.7 Å². The SMILES string of the molecule is CCCC(O)Oc1cccc2c1OCO2. The molecule has 1 unspecified atom stereocenters. The average Bonchev–Trinajstić information content (AvgIpc) is 2.67. The lowest BCUT2D eigenvalue weighted by Gasteiger charge is -2.13. The van der Waals surface area contributed by atoms with Crippen molar-refractivity contribution < 1.29 is 19.3 Å². The number of fused-ring (bicyclic) bond motifs is 1. The third-order valence-corrected chi connectivity index (χ3v) is 2.16. The van der Waals surface area contributed by atoms with Crippen LogP contribution in [0.5, 0.6) is 17.2 Å². The minimum Gasteiger partial charge on any atom is -0.461 e. The first-order chi connectivity index (χ1) is 7.31. The smallest absolute Gasteiger partial charge is 0.231 e. The summed E-state index contributed by atoms with van der Waals surface area (Å²) in [5, 5.41) is 9.52. The van der Waals surface area contributed by atoms with Crippen molar-refractivity contribution in [3.05, 3.63) is 18.2 Å². The maximum atomic E-state index is 9.52. The molecule has 2 rings (SSSR count). The molecular weight excluding hydrogens is 196 g/mol. The number of hydrogen-bond donors (Lipinski definition) is 1. The summed E-state index contributed by atoms with van der Waals surface area (Å²) in [5.74, 6) is 1.77. The first-order valence-electron chi connectivity index (χ1n) is 5.04. The van der Waals surface area contributed by atoms with Crippen LogP contribution in [0.15, 0.2) is 18.2 Å². The average molecular weight is 210 g/mol. The second kappa shape index (κ2) is 4.40. The van der Waals surface area contributed by atoms with E-state index in [1.54, 1.807) is 12.1 Å². The van der Waals surface area contributed by atoms with Crippen LogP contribution in [0.4, 0.5) is 0 Å². The van der Waals surface area contributed by atoms with Crippen molar-refractivity contribution in [2.45, 2.75) is 26.1 Å². The molecule has 1 N–H and O–H groups in total. The van der Waals surface area contributed by atoms with Crippen molar-refractivity contribution in [1.29, 1.82) is 0 Å². The maximum Gasteiger partial charge on any atom is 0.231 e. The molecule has 0 aromatic heterocycles. The molecule has 82 valence electrons. The summed E-state index contributed by atoms with van der Waals surface area (Å²) in [6.45, 7) is 2.20. The number of benzene rings is 1. The van der Waals surface area contributed by atoms with Gasteiger partial charge in [-0.15, -0.1) is 0 Å². The molecule has 0 aliphatic carbocycles. The highest BCUT2D eigenvalue weighted by atomic mass is 16.7. The van der Waals surface area contributed by atoms with Crippen LogP contribution in [0.2, 0.25) is 0 Å². The van der Waals surface area contributed by atoms with Crippen LogP contribution < -0.4 is 14.2 Å². The van der Waals surface area contributed by atoms with Gasteiger partial charge in [0.1, 0.15) is 0 Å². The molecular formula is C11H14O4. The van der Waals surface area contributed by atoms with Gasteiger partial charge in [-0.2, -0.15) is 0 Å². The Labute approximate surface area is 88.4 Å². The van der Waals surface area contributed by atoms with E-state index < -0.39 is 6.29 Å². The third kappa shape index (κ3) is 2.15. The lowest BCUT2D eigenvalue weighted by molar-refractivity contribution is -0.0249. The molecule has 1 aliphatic rings. The van der Waals surface area contributed by atoms with Crippen molar-refractivity contribution in [2.24, 2.45) is 0 Å². The van der Waals surface area contributed by atoms with Gasteiger partial charge in [0, 0.05) is 6.42 Å². The van der Waals surface area contributed by atoms with Crippen molar-refractivity contribution >= 4 is 0 Å². The summed E-state index contributed by atoms with van der Waals surface area (Å²) in [4.78, 5) is 0. The Morgan fingerprint density at radius 1 is 1.47 bits per heavy atom. The summed E-state index contributed by atoms with van der Waals surface area (Å²) in [6, 6.07) is 5.37. The molecule has 1 aromatic carbocycles.